The summed E-state index contributed by atoms with van der Waals surface area (Å²) in [4.78, 5) is 4.21. The van der Waals surface area contributed by atoms with Crippen molar-refractivity contribution < 1.29 is 4.74 Å². The van der Waals surface area contributed by atoms with Crippen LogP contribution in [0.1, 0.15) is 18.1 Å². The standard InChI is InChI=1S/C14H16N2O/c1-3-11-6-4-5-7-13(11)17-14-8-12(15)10(2)9-16-14/h4-9H,3H2,1-2H3,(H2,15,16). The summed E-state index contributed by atoms with van der Waals surface area (Å²) in [7, 11) is 0. The van der Waals surface area contributed by atoms with Crippen LogP contribution >= 0.6 is 0 Å². The van der Waals surface area contributed by atoms with Crippen molar-refractivity contribution in [3.63, 3.8) is 0 Å². The molecule has 3 heteroatoms. The number of hydrogen-bond acceptors (Lipinski definition) is 3. The van der Waals surface area contributed by atoms with E-state index in [-0.39, 0.29) is 0 Å². The lowest BCUT2D eigenvalue weighted by molar-refractivity contribution is 0.458. The average molecular weight is 228 g/mol. The van der Waals surface area contributed by atoms with Crippen LogP contribution in [0.25, 0.3) is 0 Å². The summed E-state index contributed by atoms with van der Waals surface area (Å²) in [6.45, 7) is 4.02. The molecule has 1 aromatic carbocycles. The number of aryl methyl sites for hydroxylation is 2. The van der Waals surface area contributed by atoms with Gasteiger partial charge < -0.3 is 10.5 Å². The first-order valence-electron chi connectivity index (χ1n) is 5.68. The van der Waals surface area contributed by atoms with Crippen molar-refractivity contribution in [3.8, 4) is 11.6 Å². The fraction of sp³-hybridized carbons (Fsp3) is 0.214. The molecule has 17 heavy (non-hydrogen) atoms. The smallest absolute Gasteiger partial charge is 0.221 e. The van der Waals surface area contributed by atoms with E-state index < -0.39 is 0 Å². The first-order valence-corrected chi connectivity index (χ1v) is 5.68. The second-order valence-electron chi connectivity index (χ2n) is 3.94. The Labute approximate surface area is 101 Å². The van der Waals surface area contributed by atoms with E-state index in [9.17, 15) is 0 Å². The van der Waals surface area contributed by atoms with E-state index >= 15 is 0 Å². The molecule has 2 aromatic rings. The predicted molar refractivity (Wildman–Crippen MR) is 69.3 cm³/mol. The van der Waals surface area contributed by atoms with Gasteiger partial charge in [-0.2, -0.15) is 0 Å². The second-order valence-corrected chi connectivity index (χ2v) is 3.94. The molecule has 0 amide bonds. The van der Waals surface area contributed by atoms with Crippen molar-refractivity contribution >= 4 is 5.69 Å². The van der Waals surface area contributed by atoms with Crippen LogP contribution in [0.2, 0.25) is 0 Å². The Bertz CT molecular complexity index is 523. The molecule has 0 unspecified atom stereocenters. The molecule has 0 aliphatic rings. The van der Waals surface area contributed by atoms with E-state index in [2.05, 4.69) is 11.9 Å². The Hall–Kier alpha value is -2.03. The zero-order chi connectivity index (χ0) is 12.3. The maximum absolute atomic E-state index is 5.82. The number of benzene rings is 1. The van der Waals surface area contributed by atoms with E-state index in [1.54, 1.807) is 12.3 Å². The minimum atomic E-state index is 0.536. The van der Waals surface area contributed by atoms with Crippen LogP contribution in [-0.2, 0) is 6.42 Å². The summed E-state index contributed by atoms with van der Waals surface area (Å²) in [6, 6.07) is 9.69. The Morgan fingerprint density at radius 2 is 2.06 bits per heavy atom. The maximum Gasteiger partial charge on any atom is 0.221 e. The number of anilines is 1. The van der Waals surface area contributed by atoms with Crippen LogP contribution in [-0.4, -0.2) is 4.98 Å². The third-order valence-electron chi connectivity index (χ3n) is 2.69. The minimum absolute atomic E-state index is 0.536. The lowest BCUT2D eigenvalue weighted by atomic mass is 10.1. The van der Waals surface area contributed by atoms with E-state index in [4.69, 9.17) is 10.5 Å². The number of hydrogen-bond donors (Lipinski definition) is 1. The number of nitrogens with two attached hydrogens (primary N) is 1. The highest BCUT2D eigenvalue weighted by Gasteiger charge is 2.04. The van der Waals surface area contributed by atoms with Crippen LogP contribution in [0.3, 0.4) is 0 Å². The van der Waals surface area contributed by atoms with Gasteiger partial charge in [0.25, 0.3) is 0 Å². The van der Waals surface area contributed by atoms with Gasteiger partial charge in [0.15, 0.2) is 0 Å². The van der Waals surface area contributed by atoms with Crippen molar-refractivity contribution in [2.75, 3.05) is 5.73 Å². The third-order valence-corrected chi connectivity index (χ3v) is 2.69. The number of para-hydroxylation sites is 1. The number of ether oxygens (including phenoxy) is 1. The van der Waals surface area contributed by atoms with E-state index in [0.717, 1.165) is 23.3 Å². The van der Waals surface area contributed by atoms with Gasteiger partial charge in [-0.05, 0) is 30.5 Å². The SMILES string of the molecule is CCc1ccccc1Oc1cc(N)c(C)cn1. The fourth-order valence-electron chi connectivity index (χ4n) is 1.58. The molecule has 88 valence electrons. The number of pyridine rings is 1. The van der Waals surface area contributed by atoms with Gasteiger partial charge in [0, 0.05) is 18.0 Å². The first kappa shape index (κ1) is 11.5. The van der Waals surface area contributed by atoms with Crippen LogP contribution < -0.4 is 10.5 Å². The lowest BCUT2D eigenvalue weighted by Gasteiger charge is -2.09. The van der Waals surface area contributed by atoms with Gasteiger partial charge in [0.05, 0.1) is 0 Å². The largest absolute Gasteiger partial charge is 0.439 e. The highest BCUT2D eigenvalue weighted by molar-refractivity contribution is 5.48. The van der Waals surface area contributed by atoms with Crippen molar-refractivity contribution in [3.05, 3.63) is 47.7 Å². The summed E-state index contributed by atoms with van der Waals surface area (Å²) in [5, 5.41) is 0. The van der Waals surface area contributed by atoms with Crippen molar-refractivity contribution in [1.82, 2.24) is 4.98 Å². The summed E-state index contributed by atoms with van der Waals surface area (Å²) in [6.07, 6.45) is 2.65. The molecule has 0 saturated heterocycles. The summed E-state index contributed by atoms with van der Waals surface area (Å²) >= 11 is 0. The molecule has 0 aliphatic heterocycles. The Morgan fingerprint density at radius 3 is 2.76 bits per heavy atom. The van der Waals surface area contributed by atoms with E-state index in [1.807, 2.05) is 31.2 Å². The molecule has 2 rings (SSSR count). The molecule has 1 heterocycles. The van der Waals surface area contributed by atoms with Gasteiger partial charge in [-0.1, -0.05) is 25.1 Å². The molecular formula is C14H16N2O. The van der Waals surface area contributed by atoms with Crippen LogP contribution in [0.4, 0.5) is 5.69 Å². The Morgan fingerprint density at radius 1 is 1.29 bits per heavy atom. The molecule has 0 atom stereocenters. The summed E-state index contributed by atoms with van der Waals surface area (Å²) < 4.78 is 5.75. The topological polar surface area (TPSA) is 48.1 Å². The second kappa shape index (κ2) is 4.87. The van der Waals surface area contributed by atoms with Crippen LogP contribution in [0.15, 0.2) is 36.5 Å². The van der Waals surface area contributed by atoms with Crippen molar-refractivity contribution in [1.29, 1.82) is 0 Å². The molecule has 0 spiro atoms. The van der Waals surface area contributed by atoms with Crippen LogP contribution in [0, 0.1) is 6.92 Å². The molecular weight excluding hydrogens is 212 g/mol. The molecule has 0 radical (unpaired) electrons. The highest BCUT2D eigenvalue weighted by atomic mass is 16.5. The normalized spacial score (nSPS) is 10.2. The van der Waals surface area contributed by atoms with Gasteiger partial charge in [0.1, 0.15) is 5.75 Å². The van der Waals surface area contributed by atoms with Crippen LogP contribution in [0.5, 0.6) is 11.6 Å². The van der Waals surface area contributed by atoms with E-state index in [1.165, 1.54) is 0 Å². The lowest BCUT2D eigenvalue weighted by Crippen LogP contribution is -1.95. The molecule has 1 aromatic heterocycles. The molecule has 0 fully saturated rings. The summed E-state index contributed by atoms with van der Waals surface area (Å²) in [5.74, 6) is 1.37. The number of rotatable bonds is 3. The molecule has 0 saturated carbocycles. The number of aromatic nitrogens is 1. The molecule has 0 aliphatic carbocycles. The van der Waals surface area contributed by atoms with Gasteiger partial charge in [-0.3, -0.25) is 0 Å². The highest BCUT2D eigenvalue weighted by Crippen LogP contribution is 2.25. The zero-order valence-electron chi connectivity index (χ0n) is 10.1. The molecule has 2 N–H and O–H groups in total. The first-order chi connectivity index (χ1) is 8.20. The quantitative estimate of drug-likeness (QED) is 0.876. The van der Waals surface area contributed by atoms with Gasteiger partial charge in [0.2, 0.25) is 5.88 Å². The minimum Gasteiger partial charge on any atom is -0.439 e. The van der Waals surface area contributed by atoms with Crippen molar-refractivity contribution in [2.24, 2.45) is 0 Å². The number of nitrogen functional groups attached to an aromatic ring is 1. The monoisotopic (exact) mass is 228 g/mol. The zero-order valence-corrected chi connectivity index (χ0v) is 10.1. The Balaban J connectivity index is 2.28. The molecule has 3 nitrogen and oxygen atoms in total. The van der Waals surface area contributed by atoms with Gasteiger partial charge in [-0.15, -0.1) is 0 Å². The third kappa shape index (κ3) is 2.56. The number of nitrogens with zero attached hydrogens (tertiary/aromatic N) is 1. The average Bonchev–Trinajstić information content (AvgIpc) is 2.34. The predicted octanol–water partition coefficient (Wildman–Crippen LogP) is 3.33. The maximum atomic E-state index is 5.82. The fourth-order valence-corrected chi connectivity index (χ4v) is 1.58. The van der Waals surface area contributed by atoms with E-state index in [0.29, 0.717) is 11.6 Å². The summed E-state index contributed by atoms with van der Waals surface area (Å²) in [5.41, 5.74) is 8.64. The van der Waals surface area contributed by atoms with Gasteiger partial charge in [-0.25, -0.2) is 4.98 Å². The van der Waals surface area contributed by atoms with Gasteiger partial charge >= 0.3 is 0 Å². The molecule has 0 bridgehead atoms. The Kier molecular flexibility index (Phi) is 3.28. The van der Waals surface area contributed by atoms with Crippen molar-refractivity contribution in [2.45, 2.75) is 20.3 Å².